The molecule has 0 aliphatic rings. The predicted octanol–water partition coefficient (Wildman–Crippen LogP) is 3.37. The Hall–Kier alpha value is -2.46. The molecule has 3 aromatic rings. The molecule has 2 N–H and O–H groups in total. The van der Waals surface area contributed by atoms with E-state index in [1.165, 1.54) is 12.1 Å². The van der Waals surface area contributed by atoms with Gasteiger partial charge in [0.2, 0.25) is 0 Å². The minimum Gasteiger partial charge on any atom is -0.319 e. The molecule has 2 aromatic carbocycles. The molecule has 1 unspecified atom stereocenters. The molecule has 0 spiro atoms. The summed E-state index contributed by atoms with van der Waals surface area (Å²) < 4.78 is 15.4. The Morgan fingerprint density at radius 1 is 1.10 bits per heavy atom. The highest BCUT2D eigenvalue weighted by Crippen LogP contribution is 2.23. The van der Waals surface area contributed by atoms with Crippen molar-refractivity contribution in [3.63, 3.8) is 0 Å². The van der Waals surface area contributed by atoms with Gasteiger partial charge < -0.3 is 5.73 Å². The Bertz CT molecular complexity index is 729. The van der Waals surface area contributed by atoms with Crippen molar-refractivity contribution in [3.05, 3.63) is 83.4 Å². The van der Waals surface area contributed by atoms with Crippen molar-refractivity contribution in [2.45, 2.75) is 13.0 Å². The van der Waals surface area contributed by atoms with E-state index in [1.54, 1.807) is 10.9 Å². The van der Waals surface area contributed by atoms with Gasteiger partial charge in [-0.15, -0.1) is 0 Å². The van der Waals surface area contributed by atoms with Gasteiger partial charge >= 0.3 is 0 Å². The van der Waals surface area contributed by atoms with Crippen molar-refractivity contribution in [1.82, 2.24) is 9.78 Å². The fourth-order valence-corrected chi connectivity index (χ4v) is 2.45. The minimum atomic E-state index is -0.429. The lowest BCUT2D eigenvalue weighted by molar-refractivity contribution is 0.620. The minimum absolute atomic E-state index is 0.272. The summed E-state index contributed by atoms with van der Waals surface area (Å²) >= 11 is 0. The normalized spacial score (nSPS) is 12.3. The summed E-state index contributed by atoms with van der Waals surface area (Å²) in [6.07, 6.45) is 1.70. The molecule has 0 radical (unpaired) electrons. The van der Waals surface area contributed by atoms with Gasteiger partial charge in [-0.2, -0.15) is 5.10 Å². The molecule has 0 saturated heterocycles. The number of halogens is 1. The average Bonchev–Trinajstić information content (AvgIpc) is 2.95. The third-order valence-electron chi connectivity index (χ3n) is 3.41. The molecular weight excluding hydrogens is 265 g/mol. The number of aromatic nitrogens is 2. The molecule has 0 saturated carbocycles. The molecule has 0 aliphatic heterocycles. The van der Waals surface area contributed by atoms with Gasteiger partial charge in [0.25, 0.3) is 0 Å². The van der Waals surface area contributed by atoms with E-state index in [4.69, 9.17) is 5.73 Å². The van der Waals surface area contributed by atoms with Crippen LogP contribution in [0.1, 0.15) is 22.9 Å². The second-order valence-corrected chi connectivity index (χ2v) is 5.04. The second-order valence-electron chi connectivity index (χ2n) is 5.04. The van der Waals surface area contributed by atoms with Gasteiger partial charge in [0.05, 0.1) is 17.4 Å². The molecule has 21 heavy (non-hydrogen) atoms. The van der Waals surface area contributed by atoms with E-state index < -0.39 is 6.04 Å². The third-order valence-corrected chi connectivity index (χ3v) is 3.41. The highest BCUT2D eigenvalue weighted by atomic mass is 19.1. The van der Waals surface area contributed by atoms with E-state index in [9.17, 15) is 4.39 Å². The zero-order chi connectivity index (χ0) is 14.8. The maximum absolute atomic E-state index is 13.6. The summed E-state index contributed by atoms with van der Waals surface area (Å²) in [5.41, 5.74) is 9.66. The van der Waals surface area contributed by atoms with Crippen molar-refractivity contribution >= 4 is 0 Å². The number of hydrogen-bond donors (Lipinski definition) is 1. The first-order chi connectivity index (χ1) is 10.1. The lowest BCUT2D eigenvalue weighted by atomic mass is 10.0. The fraction of sp³-hybridized carbons (Fsp3) is 0.118. The number of nitrogens with zero attached hydrogens (tertiary/aromatic N) is 2. The molecule has 106 valence electrons. The van der Waals surface area contributed by atoms with Crippen LogP contribution in [0.4, 0.5) is 4.39 Å². The molecule has 0 bridgehead atoms. The largest absolute Gasteiger partial charge is 0.319 e. The van der Waals surface area contributed by atoms with Crippen LogP contribution in [-0.2, 0) is 0 Å². The molecular formula is C17H16FN3. The zero-order valence-corrected chi connectivity index (χ0v) is 11.7. The Morgan fingerprint density at radius 3 is 2.57 bits per heavy atom. The van der Waals surface area contributed by atoms with Crippen LogP contribution in [-0.4, -0.2) is 9.78 Å². The smallest absolute Gasteiger partial charge is 0.123 e. The van der Waals surface area contributed by atoms with Gasteiger partial charge in [-0.05, 0) is 48.4 Å². The highest BCUT2D eigenvalue weighted by Gasteiger charge is 2.16. The van der Waals surface area contributed by atoms with Crippen molar-refractivity contribution in [2.24, 2.45) is 5.73 Å². The molecule has 3 nitrogen and oxygen atoms in total. The van der Waals surface area contributed by atoms with Crippen molar-refractivity contribution in [2.75, 3.05) is 0 Å². The molecule has 1 atom stereocenters. The van der Waals surface area contributed by atoms with E-state index >= 15 is 0 Å². The van der Waals surface area contributed by atoms with Crippen LogP contribution in [0, 0.1) is 12.7 Å². The number of aryl methyl sites for hydroxylation is 1. The van der Waals surface area contributed by atoms with Crippen LogP contribution in [0.3, 0.4) is 0 Å². The SMILES string of the molecule is Cc1cc(F)cc(C(N)c2ccnn2-c2ccccc2)c1. The molecule has 3 rings (SSSR count). The maximum atomic E-state index is 13.6. The van der Waals surface area contributed by atoms with Gasteiger partial charge in [-0.25, -0.2) is 9.07 Å². The number of hydrogen-bond acceptors (Lipinski definition) is 2. The number of para-hydroxylation sites is 1. The van der Waals surface area contributed by atoms with Gasteiger partial charge in [-0.3, -0.25) is 0 Å². The number of benzene rings is 2. The van der Waals surface area contributed by atoms with Gasteiger partial charge in [0.1, 0.15) is 5.82 Å². The third kappa shape index (κ3) is 2.71. The van der Waals surface area contributed by atoms with Crippen molar-refractivity contribution in [3.8, 4) is 5.69 Å². The van der Waals surface area contributed by atoms with E-state index in [0.717, 1.165) is 22.5 Å². The van der Waals surface area contributed by atoms with Crippen LogP contribution in [0.5, 0.6) is 0 Å². The zero-order valence-electron chi connectivity index (χ0n) is 11.7. The fourth-order valence-electron chi connectivity index (χ4n) is 2.45. The van der Waals surface area contributed by atoms with E-state index in [1.807, 2.05) is 49.4 Å². The topological polar surface area (TPSA) is 43.8 Å². The van der Waals surface area contributed by atoms with Gasteiger partial charge in [0, 0.05) is 6.20 Å². The Morgan fingerprint density at radius 2 is 1.86 bits per heavy atom. The van der Waals surface area contributed by atoms with Crippen LogP contribution in [0.15, 0.2) is 60.8 Å². The van der Waals surface area contributed by atoms with E-state index in [-0.39, 0.29) is 5.82 Å². The Labute approximate surface area is 122 Å². The van der Waals surface area contributed by atoms with Crippen LogP contribution >= 0.6 is 0 Å². The summed E-state index contributed by atoms with van der Waals surface area (Å²) in [7, 11) is 0. The molecule has 0 amide bonds. The summed E-state index contributed by atoms with van der Waals surface area (Å²) in [5, 5.41) is 4.32. The highest BCUT2D eigenvalue weighted by molar-refractivity contribution is 5.37. The number of rotatable bonds is 3. The second kappa shape index (κ2) is 5.50. The van der Waals surface area contributed by atoms with Gasteiger partial charge in [-0.1, -0.05) is 24.3 Å². The summed E-state index contributed by atoms with van der Waals surface area (Å²) in [5.74, 6) is -0.272. The number of nitrogens with two attached hydrogens (primary N) is 1. The van der Waals surface area contributed by atoms with Crippen LogP contribution in [0.2, 0.25) is 0 Å². The van der Waals surface area contributed by atoms with E-state index in [2.05, 4.69) is 5.10 Å². The van der Waals surface area contributed by atoms with Crippen LogP contribution < -0.4 is 5.73 Å². The Balaban J connectivity index is 2.03. The van der Waals surface area contributed by atoms with Crippen molar-refractivity contribution in [1.29, 1.82) is 0 Å². The predicted molar refractivity (Wildman–Crippen MR) is 80.7 cm³/mol. The Kier molecular flexibility index (Phi) is 3.54. The van der Waals surface area contributed by atoms with Crippen LogP contribution in [0.25, 0.3) is 5.69 Å². The molecule has 0 aliphatic carbocycles. The standard InChI is InChI=1S/C17H16FN3/c1-12-9-13(11-14(18)10-12)17(19)16-7-8-20-21(16)15-5-3-2-4-6-15/h2-11,17H,19H2,1H3. The van der Waals surface area contributed by atoms with Gasteiger partial charge in [0.15, 0.2) is 0 Å². The molecule has 4 heteroatoms. The molecule has 1 aromatic heterocycles. The van der Waals surface area contributed by atoms with Crippen molar-refractivity contribution < 1.29 is 4.39 Å². The summed E-state index contributed by atoms with van der Waals surface area (Å²) in [6.45, 7) is 1.85. The summed E-state index contributed by atoms with van der Waals surface area (Å²) in [6, 6.07) is 16.0. The quantitative estimate of drug-likeness (QED) is 0.800. The average molecular weight is 281 g/mol. The molecule has 1 heterocycles. The monoisotopic (exact) mass is 281 g/mol. The summed E-state index contributed by atoms with van der Waals surface area (Å²) in [4.78, 5) is 0. The molecule has 0 fully saturated rings. The first-order valence-electron chi connectivity index (χ1n) is 6.77. The van der Waals surface area contributed by atoms with E-state index in [0.29, 0.717) is 0 Å². The first kappa shape index (κ1) is 13.5. The lowest BCUT2D eigenvalue weighted by Crippen LogP contribution is -2.17. The maximum Gasteiger partial charge on any atom is 0.123 e. The lowest BCUT2D eigenvalue weighted by Gasteiger charge is -2.15. The first-order valence-corrected chi connectivity index (χ1v) is 6.77.